The number of hydrogen-bond donors (Lipinski definition) is 0. The molecule has 0 radical (unpaired) electrons. The van der Waals surface area contributed by atoms with Gasteiger partial charge in [-0.15, -0.1) is 0 Å². The van der Waals surface area contributed by atoms with Crippen LogP contribution in [0.15, 0.2) is 12.4 Å². The van der Waals surface area contributed by atoms with Gasteiger partial charge in [-0.05, 0) is 25.7 Å². The molecule has 0 saturated carbocycles. The standard InChI is InChI=1S/C17H23N5O3/c1-3-6-17-7-4-8-21(17)16(25)22(15(17)24)13-5-9-20(14(13)23)12-10-18-19(2)11-12/h10-11,13H,3-9H2,1-2H3/t13-,17+/m0/s1. The number of urea groups is 1. The fraction of sp³-hybridized carbons (Fsp3) is 0.647. The number of aromatic nitrogens is 2. The van der Waals surface area contributed by atoms with Gasteiger partial charge in [0.15, 0.2) is 0 Å². The largest absolute Gasteiger partial charge is 0.328 e. The first-order valence-electron chi connectivity index (χ1n) is 8.95. The van der Waals surface area contributed by atoms with Crippen LogP contribution in [-0.4, -0.2) is 62.1 Å². The van der Waals surface area contributed by atoms with Gasteiger partial charge in [0.05, 0.1) is 11.9 Å². The highest BCUT2D eigenvalue weighted by Crippen LogP contribution is 2.43. The lowest BCUT2D eigenvalue weighted by atomic mass is 9.90. The van der Waals surface area contributed by atoms with Crippen LogP contribution in [0.25, 0.3) is 0 Å². The van der Waals surface area contributed by atoms with Crippen molar-refractivity contribution in [1.82, 2.24) is 19.6 Å². The molecule has 3 aliphatic rings. The number of carbonyl (C=O) groups excluding carboxylic acids is 3. The zero-order chi connectivity index (χ0) is 17.8. The van der Waals surface area contributed by atoms with Gasteiger partial charge in [0.25, 0.3) is 11.8 Å². The lowest BCUT2D eigenvalue weighted by molar-refractivity contribution is -0.137. The van der Waals surface area contributed by atoms with Gasteiger partial charge in [-0.3, -0.25) is 14.3 Å². The molecule has 1 aromatic rings. The van der Waals surface area contributed by atoms with Crippen molar-refractivity contribution in [3.63, 3.8) is 0 Å². The zero-order valence-corrected chi connectivity index (χ0v) is 14.6. The smallest absolute Gasteiger partial charge is 0.310 e. The van der Waals surface area contributed by atoms with Gasteiger partial charge < -0.3 is 9.80 Å². The van der Waals surface area contributed by atoms with Gasteiger partial charge in [0, 0.05) is 26.3 Å². The molecule has 8 nitrogen and oxygen atoms in total. The van der Waals surface area contributed by atoms with Crippen molar-refractivity contribution in [2.24, 2.45) is 7.05 Å². The number of hydrogen-bond acceptors (Lipinski definition) is 4. The van der Waals surface area contributed by atoms with Crippen molar-refractivity contribution in [2.45, 2.75) is 50.6 Å². The number of rotatable bonds is 4. The number of carbonyl (C=O) groups is 3. The van der Waals surface area contributed by atoms with E-state index in [1.54, 1.807) is 33.9 Å². The molecule has 0 N–H and O–H groups in total. The van der Waals surface area contributed by atoms with E-state index in [4.69, 9.17) is 0 Å². The lowest BCUT2D eigenvalue weighted by Gasteiger charge is -2.27. The van der Waals surface area contributed by atoms with E-state index in [0.29, 0.717) is 38.0 Å². The van der Waals surface area contributed by atoms with E-state index in [2.05, 4.69) is 5.10 Å². The Balaban J connectivity index is 1.61. The first-order valence-corrected chi connectivity index (χ1v) is 8.95. The van der Waals surface area contributed by atoms with Gasteiger partial charge in [0.2, 0.25) is 0 Å². The van der Waals surface area contributed by atoms with Crippen molar-refractivity contribution >= 4 is 23.5 Å². The number of aryl methyl sites for hydroxylation is 1. The van der Waals surface area contributed by atoms with Crippen molar-refractivity contribution in [3.05, 3.63) is 12.4 Å². The van der Waals surface area contributed by atoms with Gasteiger partial charge in [-0.1, -0.05) is 13.3 Å². The fourth-order valence-corrected chi connectivity index (χ4v) is 4.58. The van der Waals surface area contributed by atoms with E-state index < -0.39 is 11.6 Å². The molecular weight excluding hydrogens is 322 g/mol. The molecule has 0 aliphatic carbocycles. The van der Waals surface area contributed by atoms with E-state index in [1.165, 1.54) is 4.90 Å². The molecule has 134 valence electrons. The van der Waals surface area contributed by atoms with Gasteiger partial charge in [-0.25, -0.2) is 9.69 Å². The number of fused-ring (bicyclic) bond motifs is 1. The van der Waals surface area contributed by atoms with E-state index in [0.717, 1.165) is 12.8 Å². The average Bonchev–Trinajstić information content (AvgIpc) is 3.30. The van der Waals surface area contributed by atoms with Crippen LogP contribution in [0.2, 0.25) is 0 Å². The highest BCUT2D eigenvalue weighted by molar-refractivity contribution is 6.12. The quantitative estimate of drug-likeness (QED) is 0.766. The third kappa shape index (κ3) is 2.12. The molecule has 3 fully saturated rings. The van der Waals surface area contributed by atoms with Crippen LogP contribution in [0.4, 0.5) is 10.5 Å². The SMILES string of the molecule is CCC[C@]12CCCN1C(=O)N([C@H]1CCN(c3cnn(C)c3)C1=O)C2=O. The summed E-state index contributed by atoms with van der Waals surface area (Å²) in [7, 11) is 1.79. The Labute approximate surface area is 146 Å². The third-order valence-electron chi connectivity index (χ3n) is 5.70. The summed E-state index contributed by atoms with van der Waals surface area (Å²) < 4.78 is 1.63. The molecule has 3 saturated heterocycles. The molecular formula is C17H23N5O3. The molecule has 4 rings (SSSR count). The fourth-order valence-electron chi connectivity index (χ4n) is 4.58. The minimum atomic E-state index is -0.714. The summed E-state index contributed by atoms with van der Waals surface area (Å²) in [5.41, 5.74) is -0.00809. The maximum Gasteiger partial charge on any atom is 0.328 e. The van der Waals surface area contributed by atoms with Gasteiger partial charge in [0.1, 0.15) is 11.6 Å². The topological polar surface area (TPSA) is 78.8 Å². The Kier molecular flexibility index (Phi) is 3.59. The van der Waals surface area contributed by atoms with Crippen LogP contribution in [0.1, 0.15) is 39.0 Å². The highest BCUT2D eigenvalue weighted by atomic mass is 16.2. The van der Waals surface area contributed by atoms with Gasteiger partial charge >= 0.3 is 6.03 Å². The van der Waals surface area contributed by atoms with Crippen molar-refractivity contribution in [1.29, 1.82) is 0 Å². The Morgan fingerprint density at radius 2 is 2.08 bits per heavy atom. The Morgan fingerprint density at radius 1 is 1.28 bits per heavy atom. The summed E-state index contributed by atoms with van der Waals surface area (Å²) in [4.78, 5) is 43.5. The van der Waals surface area contributed by atoms with Crippen molar-refractivity contribution < 1.29 is 14.4 Å². The molecule has 1 aromatic heterocycles. The predicted molar refractivity (Wildman–Crippen MR) is 89.8 cm³/mol. The lowest BCUT2D eigenvalue weighted by Crippen LogP contribution is -2.48. The number of imide groups is 1. The Bertz CT molecular complexity index is 744. The third-order valence-corrected chi connectivity index (χ3v) is 5.70. The van der Waals surface area contributed by atoms with Crippen LogP contribution in [0, 0.1) is 0 Å². The first kappa shape index (κ1) is 16.1. The maximum absolute atomic E-state index is 13.2. The van der Waals surface area contributed by atoms with E-state index in [9.17, 15) is 14.4 Å². The molecule has 3 aliphatic heterocycles. The van der Waals surface area contributed by atoms with Crippen LogP contribution >= 0.6 is 0 Å². The van der Waals surface area contributed by atoms with Gasteiger partial charge in [-0.2, -0.15) is 5.10 Å². The summed E-state index contributed by atoms with van der Waals surface area (Å²) >= 11 is 0. The zero-order valence-electron chi connectivity index (χ0n) is 14.6. The number of amides is 4. The van der Waals surface area contributed by atoms with Crippen LogP contribution < -0.4 is 4.90 Å². The van der Waals surface area contributed by atoms with Crippen LogP contribution in [-0.2, 0) is 16.6 Å². The monoisotopic (exact) mass is 345 g/mol. The Hall–Kier alpha value is -2.38. The second-order valence-electron chi connectivity index (χ2n) is 7.16. The summed E-state index contributed by atoms with van der Waals surface area (Å²) in [6.07, 6.45) is 6.93. The van der Waals surface area contributed by atoms with E-state index in [-0.39, 0.29) is 17.8 Å². The molecule has 2 atom stereocenters. The highest BCUT2D eigenvalue weighted by Gasteiger charge is 2.61. The van der Waals surface area contributed by atoms with E-state index in [1.807, 2.05) is 6.92 Å². The number of anilines is 1. The molecule has 4 heterocycles. The molecule has 0 unspecified atom stereocenters. The van der Waals surface area contributed by atoms with Crippen molar-refractivity contribution in [2.75, 3.05) is 18.0 Å². The van der Waals surface area contributed by atoms with Crippen LogP contribution in [0.3, 0.4) is 0 Å². The first-order chi connectivity index (χ1) is 12.0. The summed E-state index contributed by atoms with van der Waals surface area (Å²) in [6, 6.07) is -0.984. The predicted octanol–water partition coefficient (Wildman–Crippen LogP) is 1.12. The van der Waals surface area contributed by atoms with Crippen LogP contribution in [0.5, 0.6) is 0 Å². The second kappa shape index (κ2) is 5.57. The summed E-state index contributed by atoms with van der Waals surface area (Å²) in [5, 5.41) is 4.10. The second-order valence-corrected chi connectivity index (χ2v) is 7.16. The molecule has 0 spiro atoms. The summed E-state index contributed by atoms with van der Waals surface area (Å²) in [6.45, 7) is 3.12. The minimum absolute atomic E-state index is 0.178. The normalized spacial score (nSPS) is 29.3. The molecule has 0 aromatic carbocycles. The molecule has 8 heteroatoms. The summed E-state index contributed by atoms with van der Waals surface area (Å²) in [5.74, 6) is -0.370. The Morgan fingerprint density at radius 3 is 2.76 bits per heavy atom. The average molecular weight is 345 g/mol. The van der Waals surface area contributed by atoms with Crippen molar-refractivity contribution in [3.8, 4) is 0 Å². The molecule has 4 amide bonds. The number of nitrogens with zero attached hydrogens (tertiary/aromatic N) is 5. The molecule has 0 bridgehead atoms. The molecule has 25 heavy (non-hydrogen) atoms. The van der Waals surface area contributed by atoms with E-state index >= 15 is 0 Å². The minimum Gasteiger partial charge on any atom is -0.310 e. The maximum atomic E-state index is 13.2.